The first-order chi connectivity index (χ1) is 15.1. The van der Waals surface area contributed by atoms with Gasteiger partial charge in [0.2, 0.25) is 0 Å². The molecule has 1 aromatic heterocycles. The van der Waals surface area contributed by atoms with E-state index in [0.717, 1.165) is 30.1 Å². The number of methoxy groups -OCH3 is 1. The standard InChI is InChI=1S/C26H31N3O2/c1-19-10-11-20(2)29(19)22-14-12-21(13-15-22)26(30)27-18-24(28-16-6-7-17-28)23-8-4-5-9-25(23)31-3/h4-5,8-15,24H,6-7,16-18H2,1-3H3,(H,27,30)/t24-/m0/s1. The number of hydrogen-bond donors (Lipinski definition) is 1. The summed E-state index contributed by atoms with van der Waals surface area (Å²) >= 11 is 0. The van der Waals surface area contributed by atoms with Crippen molar-refractivity contribution in [2.24, 2.45) is 0 Å². The van der Waals surface area contributed by atoms with Gasteiger partial charge in [-0.15, -0.1) is 0 Å². The lowest BCUT2D eigenvalue weighted by molar-refractivity contribution is 0.0937. The maximum Gasteiger partial charge on any atom is 0.251 e. The minimum absolute atomic E-state index is 0.0494. The maximum atomic E-state index is 12.9. The zero-order chi connectivity index (χ0) is 21.8. The molecule has 3 aromatic rings. The monoisotopic (exact) mass is 417 g/mol. The first-order valence-corrected chi connectivity index (χ1v) is 11.0. The number of likely N-dealkylation sites (tertiary alicyclic amines) is 1. The van der Waals surface area contributed by atoms with Crippen LogP contribution < -0.4 is 10.1 Å². The van der Waals surface area contributed by atoms with Crippen LogP contribution in [0.25, 0.3) is 5.69 Å². The molecule has 1 aliphatic rings. The first kappa shape index (κ1) is 21.2. The molecule has 0 spiro atoms. The zero-order valence-corrected chi connectivity index (χ0v) is 18.6. The molecule has 1 N–H and O–H groups in total. The van der Waals surface area contributed by atoms with E-state index in [4.69, 9.17) is 4.74 Å². The quantitative estimate of drug-likeness (QED) is 0.608. The van der Waals surface area contributed by atoms with Crippen molar-refractivity contribution in [3.05, 3.63) is 83.2 Å². The van der Waals surface area contributed by atoms with Crippen LogP contribution in [0.15, 0.2) is 60.7 Å². The summed E-state index contributed by atoms with van der Waals surface area (Å²) in [5.74, 6) is 0.821. The summed E-state index contributed by atoms with van der Waals surface area (Å²) in [6.45, 7) is 6.82. The lowest BCUT2D eigenvalue weighted by Crippen LogP contribution is -2.37. The smallest absolute Gasteiger partial charge is 0.251 e. The van der Waals surface area contributed by atoms with Crippen LogP contribution in [0, 0.1) is 13.8 Å². The number of carbonyl (C=O) groups is 1. The van der Waals surface area contributed by atoms with Crippen molar-refractivity contribution in [2.45, 2.75) is 32.7 Å². The summed E-state index contributed by atoms with van der Waals surface area (Å²) in [7, 11) is 1.70. The van der Waals surface area contributed by atoms with Crippen LogP contribution in [0.3, 0.4) is 0 Å². The Kier molecular flexibility index (Phi) is 6.42. The summed E-state index contributed by atoms with van der Waals surface area (Å²) in [5.41, 5.74) is 5.23. The highest BCUT2D eigenvalue weighted by Gasteiger charge is 2.26. The van der Waals surface area contributed by atoms with Gasteiger partial charge < -0.3 is 14.6 Å². The van der Waals surface area contributed by atoms with Crippen molar-refractivity contribution in [1.82, 2.24) is 14.8 Å². The predicted molar refractivity (Wildman–Crippen MR) is 124 cm³/mol. The summed E-state index contributed by atoms with van der Waals surface area (Å²) in [6, 6.07) is 20.2. The third-order valence-electron chi connectivity index (χ3n) is 6.19. The largest absolute Gasteiger partial charge is 0.496 e. The molecule has 4 rings (SSSR count). The fraction of sp³-hybridized carbons (Fsp3) is 0.346. The van der Waals surface area contributed by atoms with E-state index in [9.17, 15) is 4.79 Å². The van der Waals surface area contributed by atoms with E-state index < -0.39 is 0 Å². The Hall–Kier alpha value is -3.05. The summed E-state index contributed by atoms with van der Waals surface area (Å²) in [5, 5.41) is 3.16. The van der Waals surface area contributed by atoms with Crippen molar-refractivity contribution in [3.8, 4) is 11.4 Å². The van der Waals surface area contributed by atoms with E-state index in [2.05, 4.69) is 46.8 Å². The van der Waals surface area contributed by atoms with Gasteiger partial charge >= 0.3 is 0 Å². The van der Waals surface area contributed by atoms with Gasteiger partial charge in [0.15, 0.2) is 0 Å². The molecule has 0 bridgehead atoms. The number of aromatic nitrogens is 1. The molecule has 5 heteroatoms. The molecule has 0 radical (unpaired) electrons. The number of benzene rings is 2. The number of hydrogen-bond acceptors (Lipinski definition) is 3. The molecule has 1 saturated heterocycles. The van der Waals surface area contributed by atoms with Gasteiger partial charge in [-0.05, 0) is 82.2 Å². The van der Waals surface area contributed by atoms with Gasteiger partial charge in [0.25, 0.3) is 5.91 Å². The second kappa shape index (κ2) is 9.40. The summed E-state index contributed by atoms with van der Waals surface area (Å²) < 4.78 is 7.79. The molecule has 1 amide bonds. The van der Waals surface area contributed by atoms with Crippen LogP contribution in [0.2, 0.25) is 0 Å². The lowest BCUT2D eigenvalue weighted by atomic mass is 10.0. The maximum absolute atomic E-state index is 12.9. The molecule has 0 saturated carbocycles. The van der Waals surface area contributed by atoms with E-state index in [-0.39, 0.29) is 11.9 Å². The average molecular weight is 418 g/mol. The highest BCUT2D eigenvalue weighted by molar-refractivity contribution is 5.94. The number of aryl methyl sites for hydroxylation is 2. The molecular formula is C26H31N3O2. The minimum atomic E-state index is -0.0494. The van der Waals surface area contributed by atoms with Crippen LogP contribution in [0.5, 0.6) is 5.75 Å². The summed E-state index contributed by atoms with van der Waals surface area (Å²) in [6.07, 6.45) is 2.39. The van der Waals surface area contributed by atoms with Crippen molar-refractivity contribution < 1.29 is 9.53 Å². The van der Waals surface area contributed by atoms with Crippen molar-refractivity contribution in [3.63, 3.8) is 0 Å². The molecule has 2 heterocycles. The fourth-order valence-corrected chi connectivity index (χ4v) is 4.56. The Morgan fingerprint density at radius 2 is 1.61 bits per heavy atom. The van der Waals surface area contributed by atoms with Crippen LogP contribution in [0.1, 0.15) is 46.2 Å². The number of amides is 1. The number of para-hydroxylation sites is 1. The molecule has 1 atom stereocenters. The second-order valence-corrected chi connectivity index (χ2v) is 8.21. The van der Waals surface area contributed by atoms with E-state index in [0.29, 0.717) is 12.1 Å². The van der Waals surface area contributed by atoms with Gasteiger partial charge in [-0.2, -0.15) is 0 Å². The predicted octanol–water partition coefficient (Wildman–Crippen LogP) is 4.67. The van der Waals surface area contributed by atoms with Crippen LogP contribution >= 0.6 is 0 Å². The van der Waals surface area contributed by atoms with Crippen molar-refractivity contribution in [2.75, 3.05) is 26.7 Å². The third-order valence-corrected chi connectivity index (χ3v) is 6.19. The van der Waals surface area contributed by atoms with Crippen LogP contribution in [0.4, 0.5) is 0 Å². The van der Waals surface area contributed by atoms with E-state index >= 15 is 0 Å². The van der Waals surface area contributed by atoms with Gasteiger partial charge in [-0.25, -0.2) is 0 Å². The van der Waals surface area contributed by atoms with Crippen molar-refractivity contribution in [1.29, 1.82) is 0 Å². The Labute approximate surface area is 184 Å². The fourth-order valence-electron chi connectivity index (χ4n) is 4.56. The highest BCUT2D eigenvalue weighted by atomic mass is 16.5. The molecule has 1 fully saturated rings. The Bertz CT molecular complexity index is 1010. The Morgan fingerprint density at radius 1 is 0.968 bits per heavy atom. The van der Waals surface area contributed by atoms with Gasteiger partial charge in [-0.3, -0.25) is 9.69 Å². The van der Waals surface area contributed by atoms with E-state index in [1.54, 1.807) is 7.11 Å². The molecule has 0 aliphatic carbocycles. The number of carbonyl (C=O) groups excluding carboxylic acids is 1. The molecule has 162 valence electrons. The average Bonchev–Trinajstić information content (AvgIpc) is 3.44. The molecule has 2 aromatic carbocycles. The van der Waals surface area contributed by atoms with Gasteiger partial charge in [0, 0.05) is 34.7 Å². The molecule has 1 aliphatic heterocycles. The van der Waals surface area contributed by atoms with Gasteiger partial charge in [0.05, 0.1) is 13.2 Å². The zero-order valence-electron chi connectivity index (χ0n) is 18.6. The lowest BCUT2D eigenvalue weighted by Gasteiger charge is -2.29. The first-order valence-electron chi connectivity index (χ1n) is 11.0. The Morgan fingerprint density at radius 3 is 2.26 bits per heavy atom. The van der Waals surface area contributed by atoms with E-state index in [1.807, 2.05) is 42.5 Å². The molecule has 0 unspecified atom stereocenters. The normalized spacial score (nSPS) is 15.1. The van der Waals surface area contributed by atoms with Crippen molar-refractivity contribution >= 4 is 5.91 Å². The minimum Gasteiger partial charge on any atom is -0.496 e. The molecule has 31 heavy (non-hydrogen) atoms. The number of nitrogens with zero attached hydrogens (tertiary/aromatic N) is 2. The van der Waals surface area contributed by atoms with Crippen LogP contribution in [-0.2, 0) is 0 Å². The third kappa shape index (κ3) is 4.52. The summed E-state index contributed by atoms with van der Waals surface area (Å²) in [4.78, 5) is 15.4. The van der Waals surface area contributed by atoms with Crippen LogP contribution in [-0.4, -0.2) is 42.1 Å². The van der Waals surface area contributed by atoms with Gasteiger partial charge in [-0.1, -0.05) is 18.2 Å². The highest BCUT2D eigenvalue weighted by Crippen LogP contribution is 2.31. The topological polar surface area (TPSA) is 46.5 Å². The number of rotatable bonds is 7. The van der Waals surface area contributed by atoms with E-state index in [1.165, 1.54) is 24.2 Å². The van der Waals surface area contributed by atoms with Gasteiger partial charge in [0.1, 0.15) is 5.75 Å². The number of nitrogens with one attached hydrogen (secondary N) is 1. The number of ether oxygens (including phenoxy) is 1. The molecular weight excluding hydrogens is 386 g/mol. The second-order valence-electron chi connectivity index (χ2n) is 8.21. The SMILES string of the molecule is COc1ccccc1[C@H](CNC(=O)c1ccc(-n2c(C)ccc2C)cc1)N1CCCC1. The molecule has 5 nitrogen and oxygen atoms in total. The Balaban J connectivity index is 1.49.